The van der Waals surface area contributed by atoms with Gasteiger partial charge in [0.05, 0.1) is 6.54 Å². The zero-order valence-corrected chi connectivity index (χ0v) is 19.5. The topological polar surface area (TPSA) is 52.6 Å². The standard InChI is InChI=1S/C20H28ClN5.HI/c1-5-22-20(23-11-10-16-7-9-19(21)24-13-16)25-14-17-8-6-15(2)12-18(17)26(3)4;/h6-9,12-13H,5,10-11,14H2,1-4H3,(H2,22,23,25);1H. The van der Waals surface area contributed by atoms with E-state index in [-0.39, 0.29) is 24.0 Å². The Kier molecular flexibility index (Phi) is 10.5. The largest absolute Gasteiger partial charge is 0.377 e. The number of rotatable bonds is 7. The van der Waals surface area contributed by atoms with Gasteiger partial charge in [-0.05, 0) is 49.1 Å². The Morgan fingerprint density at radius 1 is 1.19 bits per heavy atom. The van der Waals surface area contributed by atoms with E-state index in [1.54, 1.807) is 0 Å². The van der Waals surface area contributed by atoms with Gasteiger partial charge < -0.3 is 15.5 Å². The summed E-state index contributed by atoms with van der Waals surface area (Å²) < 4.78 is 0. The number of hydrogen-bond acceptors (Lipinski definition) is 3. The average Bonchev–Trinajstić information content (AvgIpc) is 2.62. The number of aryl methyl sites for hydroxylation is 1. The Balaban J connectivity index is 0.00000364. The van der Waals surface area contributed by atoms with Crippen LogP contribution in [0.1, 0.15) is 23.6 Å². The molecule has 0 atom stereocenters. The van der Waals surface area contributed by atoms with E-state index in [9.17, 15) is 0 Å². The lowest BCUT2D eigenvalue weighted by molar-refractivity contribution is 0.797. The second kappa shape index (κ2) is 12.0. The van der Waals surface area contributed by atoms with E-state index >= 15 is 0 Å². The van der Waals surface area contributed by atoms with Crippen molar-refractivity contribution in [3.63, 3.8) is 0 Å². The molecule has 1 aromatic carbocycles. The summed E-state index contributed by atoms with van der Waals surface area (Å²) in [5.74, 6) is 0.819. The molecule has 1 heterocycles. The van der Waals surface area contributed by atoms with Crippen LogP contribution in [0.2, 0.25) is 5.15 Å². The van der Waals surface area contributed by atoms with E-state index in [4.69, 9.17) is 16.6 Å². The normalized spacial score (nSPS) is 10.9. The molecule has 0 aliphatic heterocycles. The van der Waals surface area contributed by atoms with E-state index in [1.165, 1.54) is 16.8 Å². The maximum Gasteiger partial charge on any atom is 0.191 e. The Morgan fingerprint density at radius 3 is 2.59 bits per heavy atom. The first-order chi connectivity index (χ1) is 12.5. The number of benzene rings is 1. The highest BCUT2D eigenvalue weighted by molar-refractivity contribution is 14.0. The molecule has 0 bridgehead atoms. The summed E-state index contributed by atoms with van der Waals surface area (Å²) in [4.78, 5) is 11.0. The van der Waals surface area contributed by atoms with Crippen molar-refractivity contribution in [2.24, 2.45) is 4.99 Å². The van der Waals surface area contributed by atoms with Crippen molar-refractivity contribution in [2.75, 3.05) is 32.1 Å². The van der Waals surface area contributed by atoms with Crippen LogP contribution in [-0.2, 0) is 13.0 Å². The van der Waals surface area contributed by atoms with Gasteiger partial charge in [-0.25, -0.2) is 9.98 Å². The maximum atomic E-state index is 5.82. The summed E-state index contributed by atoms with van der Waals surface area (Å²) in [7, 11) is 4.12. The van der Waals surface area contributed by atoms with Crippen LogP contribution in [0.4, 0.5) is 5.69 Å². The molecule has 0 radical (unpaired) electrons. The van der Waals surface area contributed by atoms with Gasteiger partial charge >= 0.3 is 0 Å². The molecular weight excluding hydrogens is 473 g/mol. The Morgan fingerprint density at radius 2 is 1.96 bits per heavy atom. The molecule has 2 rings (SSSR count). The van der Waals surface area contributed by atoms with Crippen LogP contribution in [0, 0.1) is 6.92 Å². The fourth-order valence-electron chi connectivity index (χ4n) is 2.61. The number of anilines is 1. The number of halogens is 2. The Hall–Kier alpha value is -1.54. The number of aliphatic imine (C=N–C) groups is 1. The predicted octanol–water partition coefficient (Wildman–Crippen LogP) is 4.03. The molecule has 0 saturated heterocycles. The third-order valence-electron chi connectivity index (χ3n) is 3.97. The third-order valence-corrected chi connectivity index (χ3v) is 4.19. The van der Waals surface area contributed by atoms with Gasteiger partial charge in [0.25, 0.3) is 0 Å². The van der Waals surface area contributed by atoms with E-state index < -0.39 is 0 Å². The molecule has 2 aromatic rings. The highest BCUT2D eigenvalue weighted by atomic mass is 127. The average molecular weight is 502 g/mol. The molecule has 0 spiro atoms. The number of guanidine groups is 1. The molecule has 0 saturated carbocycles. The van der Waals surface area contributed by atoms with Crippen LogP contribution in [-0.4, -0.2) is 38.1 Å². The fraction of sp³-hybridized carbons (Fsp3) is 0.400. The molecule has 2 N–H and O–H groups in total. The number of pyridine rings is 1. The van der Waals surface area contributed by atoms with E-state index in [1.807, 2.05) is 18.3 Å². The van der Waals surface area contributed by atoms with Crippen molar-refractivity contribution in [1.29, 1.82) is 0 Å². The predicted molar refractivity (Wildman–Crippen MR) is 127 cm³/mol. The highest BCUT2D eigenvalue weighted by Gasteiger charge is 2.05. The SMILES string of the molecule is CCNC(=NCc1ccc(C)cc1N(C)C)NCCc1ccc(Cl)nc1.I. The number of nitrogens with one attached hydrogen (secondary N) is 2. The van der Waals surface area contributed by atoms with Gasteiger partial charge in [0.2, 0.25) is 0 Å². The lowest BCUT2D eigenvalue weighted by Gasteiger charge is -2.18. The summed E-state index contributed by atoms with van der Waals surface area (Å²) in [6.07, 6.45) is 2.67. The van der Waals surface area contributed by atoms with Gasteiger partial charge in [0.1, 0.15) is 5.15 Å². The van der Waals surface area contributed by atoms with Gasteiger partial charge in [-0.2, -0.15) is 0 Å². The van der Waals surface area contributed by atoms with Gasteiger partial charge in [0, 0.05) is 39.1 Å². The molecule has 0 fully saturated rings. The molecule has 0 aliphatic carbocycles. The molecule has 0 amide bonds. The van der Waals surface area contributed by atoms with Crippen LogP contribution in [0.5, 0.6) is 0 Å². The quantitative estimate of drug-likeness (QED) is 0.260. The summed E-state index contributed by atoms with van der Waals surface area (Å²) in [6.45, 7) is 6.41. The molecule has 148 valence electrons. The summed E-state index contributed by atoms with van der Waals surface area (Å²) >= 11 is 5.82. The number of aromatic nitrogens is 1. The highest BCUT2D eigenvalue weighted by Crippen LogP contribution is 2.21. The van der Waals surface area contributed by atoms with Crippen molar-refractivity contribution in [2.45, 2.75) is 26.8 Å². The molecule has 5 nitrogen and oxygen atoms in total. The minimum atomic E-state index is 0. The van der Waals surface area contributed by atoms with E-state index in [2.05, 4.69) is 66.7 Å². The first kappa shape index (κ1) is 23.5. The molecule has 0 aliphatic rings. The van der Waals surface area contributed by atoms with E-state index in [0.29, 0.717) is 11.7 Å². The number of hydrogen-bond donors (Lipinski definition) is 2. The van der Waals surface area contributed by atoms with Gasteiger partial charge in [-0.1, -0.05) is 29.8 Å². The lowest BCUT2D eigenvalue weighted by Crippen LogP contribution is -2.38. The first-order valence-electron chi connectivity index (χ1n) is 8.89. The monoisotopic (exact) mass is 501 g/mol. The van der Waals surface area contributed by atoms with E-state index in [0.717, 1.165) is 31.0 Å². The summed E-state index contributed by atoms with van der Waals surface area (Å²) in [5.41, 5.74) is 4.81. The molecule has 0 unspecified atom stereocenters. The van der Waals surface area contributed by atoms with Gasteiger partial charge in [0.15, 0.2) is 5.96 Å². The minimum absolute atomic E-state index is 0. The van der Waals surface area contributed by atoms with Crippen LogP contribution < -0.4 is 15.5 Å². The van der Waals surface area contributed by atoms with Crippen molar-refractivity contribution in [3.05, 3.63) is 58.4 Å². The molecule has 1 aromatic heterocycles. The molecular formula is C20H29ClIN5. The summed E-state index contributed by atoms with van der Waals surface area (Å²) in [5, 5.41) is 7.20. The fourth-order valence-corrected chi connectivity index (χ4v) is 2.72. The molecule has 27 heavy (non-hydrogen) atoms. The second-order valence-corrected chi connectivity index (χ2v) is 6.77. The van der Waals surface area contributed by atoms with Crippen LogP contribution in [0.15, 0.2) is 41.5 Å². The van der Waals surface area contributed by atoms with Crippen molar-refractivity contribution in [3.8, 4) is 0 Å². The zero-order valence-electron chi connectivity index (χ0n) is 16.4. The maximum absolute atomic E-state index is 5.82. The smallest absolute Gasteiger partial charge is 0.191 e. The van der Waals surface area contributed by atoms with Crippen LogP contribution >= 0.6 is 35.6 Å². The zero-order chi connectivity index (χ0) is 18.9. The van der Waals surface area contributed by atoms with Crippen LogP contribution in [0.25, 0.3) is 0 Å². The van der Waals surface area contributed by atoms with Crippen molar-refractivity contribution in [1.82, 2.24) is 15.6 Å². The molecule has 7 heteroatoms. The van der Waals surface area contributed by atoms with Crippen molar-refractivity contribution >= 4 is 47.2 Å². The summed E-state index contributed by atoms with van der Waals surface area (Å²) in [6, 6.07) is 10.3. The lowest BCUT2D eigenvalue weighted by atomic mass is 10.1. The van der Waals surface area contributed by atoms with Gasteiger partial charge in [-0.3, -0.25) is 0 Å². The minimum Gasteiger partial charge on any atom is -0.377 e. The first-order valence-corrected chi connectivity index (χ1v) is 9.27. The van der Waals surface area contributed by atoms with Crippen molar-refractivity contribution < 1.29 is 0 Å². The van der Waals surface area contributed by atoms with Crippen LogP contribution in [0.3, 0.4) is 0 Å². The Bertz CT molecular complexity index is 732. The van der Waals surface area contributed by atoms with Gasteiger partial charge in [-0.15, -0.1) is 24.0 Å². The third kappa shape index (κ3) is 7.92. The number of nitrogens with zero attached hydrogens (tertiary/aromatic N) is 3. The second-order valence-electron chi connectivity index (χ2n) is 6.39. The Labute approximate surface area is 184 Å².